The van der Waals surface area contributed by atoms with Gasteiger partial charge in [-0.25, -0.2) is 17.6 Å². The molecule has 0 aliphatic carbocycles. The van der Waals surface area contributed by atoms with Crippen molar-refractivity contribution in [3.05, 3.63) is 77.1 Å². The number of carbonyl (C=O) groups is 1. The molecule has 0 aromatic heterocycles. The zero-order chi connectivity index (χ0) is 26.2. The lowest BCUT2D eigenvalue weighted by Gasteiger charge is -2.30. The molecule has 190 valence electrons. The summed E-state index contributed by atoms with van der Waals surface area (Å²) in [6, 6.07) is 15.4. The molecule has 0 unspecified atom stereocenters. The average Bonchev–Trinajstić information content (AvgIpc) is 2.91. The van der Waals surface area contributed by atoms with E-state index >= 15 is 0 Å². The molecule has 1 aliphatic rings. The first-order valence-corrected chi connectivity index (χ1v) is 13.1. The summed E-state index contributed by atoms with van der Waals surface area (Å²) in [7, 11) is -2.50. The molecule has 1 N–H and O–H groups in total. The number of aromatic carboxylic acids is 1. The number of nitrogens with zero attached hydrogens (tertiary/aromatic N) is 2. The quantitative estimate of drug-likeness (QED) is 0.457. The Morgan fingerprint density at radius 1 is 1.17 bits per heavy atom. The fourth-order valence-electron chi connectivity index (χ4n) is 4.13. The summed E-state index contributed by atoms with van der Waals surface area (Å²) in [6.07, 6.45) is -0.0835. The van der Waals surface area contributed by atoms with Crippen molar-refractivity contribution < 1.29 is 27.4 Å². The first-order valence-electron chi connectivity index (χ1n) is 11.3. The van der Waals surface area contributed by atoms with Crippen LogP contribution in [0.4, 0.5) is 15.8 Å². The number of halogens is 2. The van der Waals surface area contributed by atoms with Gasteiger partial charge in [0, 0.05) is 24.8 Å². The summed E-state index contributed by atoms with van der Waals surface area (Å²) in [5.74, 6) is -2.33. The standard InChI is InChI=1S/C26H26ClFN2O5S/c1-16(2)35-15-19-14-30(18-7-5-4-6-8-18)24-13-22(27)20(12-25(24)36(33,34)29(19)3)17-9-10-23(28)21(11-17)26(31)32/h4-13,16,19H,14-15H2,1-3H3,(H,31,32)/t19-/m0/s1. The maximum Gasteiger partial charge on any atom is 0.338 e. The molecule has 36 heavy (non-hydrogen) atoms. The Labute approximate surface area is 214 Å². The number of carboxylic acids is 1. The topological polar surface area (TPSA) is 87.1 Å². The lowest BCUT2D eigenvalue weighted by Crippen LogP contribution is -2.44. The minimum Gasteiger partial charge on any atom is -0.478 e. The van der Waals surface area contributed by atoms with Crippen molar-refractivity contribution in [2.24, 2.45) is 0 Å². The van der Waals surface area contributed by atoms with E-state index in [1.165, 1.54) is 23.5 Å². The molecule has 1 aliphatic heterocycles. The first kappa shape index (κ1) is 26.1. The maximum absolute atomic E-state index is 14.0. The first-order chi connectivity index (χ1) is 17.0. The molecule has 4 rings (SSSR count). The third-order valence-corrected chi connectivity index (χ3v) is 8.35. The van der Waals surface area contributed by atoms with Crippen molar-refractivity contribution >= 4 is 39.0 Å². The number of rotatable bonds is 6. The summed E-state index contributed by atoms with van der Waals surface area (Å²) in [5.41, 5.74) is 1.19. The monoisotopic (exact) mass is 532 g/mol. The van der Waals surface area contributed by atoms with E-state index < -0.39 is 33.4 Å². The van der Waals surface area contributed by atoms with Gasteiger partial charge in [-0.1, -0.05) is 35.9 Å². The predicted molar refractivity (Wildman–Crippen MR) is 137 cm³/mol. The molecule has 0 radical (unpaired) electrons. The number of anilines is 2. The smallest absolute Gasteiger partial charge is 0.338 e. The van der Waals surface area contributed by atoms with Gasteiger partial charge in [0.1, 0.15) is 10.7 Å². The van der Waals surface area contributed by atoms with Crippen LogP contribution in [0, 0.1) is 5.82 Å². The Morgan fingerprint density at radius 3 is 2.50 bits per heavy atom. The number of para-hydroxylation sites is 1. The zero-order valence-corrected chi connectivity index (χ0v) is 21.6. The van der Waals surface area contributed by atoms with Gasteiger partial charge in [0.25, 0.3) is 0 Å². The lowest BCUT2D eigenvalue weighted by atomic mass is 10.0. The van der Waals surface area contributed by atoms with Crippen LogP contribution in [0.3, 0.4) is 0 Å². The van der Waals surface area contributed by atoms with Crippen LogP contribution in [-0.4, -0.2) is 56.1 Å². The highest BCUT2D eigenvalue weighted by atomic mass is 35.5. The van der Waals surface area contributed by atoms with Gasteiger partial charge in [-0.15, -0.1) is 0 Å². The maximum atomic E-state index is 14.0. The van der Waals surface area contributed by atoms with Crippen LogP contribution < -0.4 is 4.90 Å². The van der Waals surface area contributed by atoms with E-state index in [1.54, 1.807) is 6.07 Å². The molecule has 0 bridgehead atoms. The van der Waals surface area contributed by atoms with Gasteiger partial charge in [0.2, 0.25) is 10.0 Å². The summed E-state index contributed by atoms with van der Waals surface area (Å²) in [6.45, 7) is 4.27. The second-order valence-electron chi connectivity index (χ2n) is 8.80. The molecule has 0 spiro atoms. The van der Waals surface area contributed by atoms with Gasteiger partial charge in [-0.2, -0.15) is 4.31 Å². The number of hydrogen-bond acceptors (Lipinski definition) is 5. The molecular formula is C26H26ClFN2O5S. The highest BCUT2D eigenvalue weighted by Gasteiger charge is 2.38. The minimum absolute atomic E-state index is 0.00139. The molecule has 7 nitrogen and oxygen atoms in total. The van der Waals surface area contributed by atoms with Gasteiger partial charge >= 0.3 is 5.97 Å². The molecule has 3 aromatic carbocycles. The van der Waals surface area contributed by atoms with Gasteiger partial charge in [-0.3, -0.25) is 0 Å². The summed E-state index contributed by atoms with van der Waals surface area (Å²) in [4.78, 5) is 13.3. The normalized spacial score (nSPS) is 17.6. The fraction of sp³-hybridized carbons (Fsp3) is 0.269. The van der Waals surface area contributed by atoms with Gasteiger partial charge in [0.05, 0.1) is 35.0 Å². The van der Waals surface area contributed by atoms with E-state index in [4.69, 9.17) is 16.3 Å². The number of fused-ring (bicyclic) bond motifs is 1. The Hall–Kier alpha value is -2.98. The second kappa shape index (κ2) is 10.2. The molecule has 1 atom stereocenters. The van der Waals surface area contributed by atoms with Gasteiger partial charge in [0.15, 0.2) is 0 Å². The Morgan fingerprint density at radius 2 is 1.86 bits per heavy atom. The lowest BCUT2D eigenvalue weighted by molar-refractivity contribution is 0.0510. The van der Waals surface area contributed by atoms with Gasteiger partial charge in [-0.05, 0) is 55.8 Å². The van der Waals surface area contributed by atoms with E-state index in [0.717, 1.165) is 17.8 Å². The van der Waals surface area contributed by atoms with E-state index in [1.807, 2.05) is 49.1 Å². The number of benzene rings is 3. The van der Waals surface area contributed by atoms with Crippen molar-refractivity contribution in [1.82, 2.24) is 4.31 Å². The zero-order valence-electron chi connectivity index (χ0n) is 20.0. The highest BCUT2D eigenvalue weighted by Crippen LogP contribution is 2.42. The SMILES string of the molecule is CC(C)OC[C@@H]1CN(c2ccccc2)c2cc(Cl)c(-c3ccc(F)c(C(=O)O)c3)cc2S(=O)(=O)N1C. The minimum atomic E-state index is -4.01. The predicted octanol–water partition coefficient (Wildman–Crippen LogP) is 5.41. The van der Waals surface area contributed by atoms with Crippen LogP contribution in [-0.2, 0) is 14.8 Å². The summed E-state index contributed by atoms with van der Waals surface area (Å²) in [5, 5.41) is 9.54. The van der Waals surface area contributed by atoms with Crippen LogP contribution in [0.25, 0.3) is 11.1 Å². The molecule has 3 aromatic rings. The van der Waals surface area contributed by atoms with Crippen LogP contribution in [0.1, 0.15) is 24.2 Å². The fourth-order valence-corrected chi connectivity index (χ4v) is 5.92. The molecule has 0 amide bonds. The van der Waals surface area contributed by atoms with E-state index in [-0.39, 0.29) is 33.8 Å². The van der Waals surface area contributed by atoms with E-state index in [2.05, 4.69) is 0 Å². The van der Waals surface area contributed by atoms with Gasteiger partial charge < -0.3 is 14.7 Å². The Balaban J connectivity index is 1.93. The Kier molecular flexibility index (Phi) is 7.38. The van der Waals surface area contributed by atoms with E-state index in [9.17, 15) is 22.7 Å². The molecular weight excluding hydrogens is 507 g/mol. The number of likely N-dealkylation sites (N-methyl/N-ethyl adjacent to an activating group) is 1. The number of carboxylic acid groups (broad SMARTS) is 1. The second-order valence-corrected chi connectivity index (χ2v) is 11.2. The average molecular weight is 533 g/mol. The van der Waals surface area contributed by atoms with Crippen LogP contribution >= 0.6 is 11.6 Å². The highest BCUT2D eigenvalue weighted by molar-refractivity contribution is 7.89. The van der Waals surface area contributed by atoms with Crippen LogP contribution in [0.2, 0.25) is 5.02 Å². The number of hydrogen-bond donors (Lipinski definition) is 1. The van der Waals surface area contributed by atoms with Crippen LogP contribution in [0.15, 0.2) is 65.6 Å². The van der Waals surface area contributed by atoms with Crippen molar-refractivity contribution in [3.8, 4) is 11.1 Å². The molecule has 10 heteroatoms. The van der Waals surface area contributed by atoms with Crippen molar-refractivity contribution in [3.63, 3.8) is 0 Å². The third-order valence-electron chi connectivity index (χ3n) is 6.10. The third kappa shape index (κ3) is 4.97. The number of ether oxygens (including phenoxy) is 1. The van der Waals surface area contributed by atoms with Crippen LogP contribution in [0.5, 0.6) is 0 Å². The molecule has 0 saturated carbocycles. The summed E-state index contributed by atoms with van der Waals surface area (Å²) < 4.78 is 48.8. The number of sulfonamides is 1. The Bertz CT molecular complexity index is 1400. The van der Waals surface area contributed by atoms with Crippen molar-refractivity contribution in [2.75, 3.05) is 25.1 Å². The molecule has 0 fully saturated rings. The molecule has 0 saturated heterocycles. The van der Waals surface area contributed by atoms with Crippen molar-refractivity contribution in [2.45, 2.75) is 30.9 Å². The van der Waals surface area contributed by atoms with E-state index in [0.29, 0.717) is 12.2 Å². The summed E-state index contributed by atoms with van der Waals surface area (Å²) >= 11 is 6.64. The van der Waals surface area contributed by atoms with Crippen molar-refractivity contribution in [1.29, 1.82) is 0 Å². The molecule has 1 heterocycles. The largest absolute Gasteiger partial charge is 0.478 e.